The molecular formula is C16H20N4O4S2. The van der Waals surface area contributed by atoms with E-state index in [9.17, 15) is 18.0 Å². The number of hydrogen-bond donors (Lipinski definition) is 2. The lowest BCUT2D eigenvalue weighted by Gasteiger charge is -2.21. The molecule has 0 atom stereocenters. The number of benzene rings is 1. The number of H-pyrrole nitrogens is 1. The summed E-state index contributed by atoms with van der Waals surface area (Å²) in [6, 6.07) is 7.10. The van der Waals surface area contributed by atoms with Gasteiger partial charge in [0.05, 0.1) is 10.6 Å². The Kier molecular flexibility index (Phi) is 6.57. The van der Waals surface area contributed by atoms with E-state index in [1.54, 1.807) is 13.8 Å². The second-order valence-corrected chi connectivity index (χ2v) is 8.68. The molecule has 0 spiro atoms. The number of amides is 1. The second-order valence-electron chi connectivity index (χ2n) is 5.72. The molecule has 1 aromatic carbocycles. The zero-order valence-corrected chi connectivity index (χ0v) is 16.2. The van der Waals surface area contributed by atoms with Crippen molar-refractivity contribution in [1.29, 1.82) is 0 Å². The quantitative estimate of drug-likeness (QED) is 0.542. The van der Waals surface area contributed by atoms with Crippen LogP contribution in [0.1, 0.15) is 13.8 Å². The summed E-state index contributed by atoms with van der Waals surface area (Å²) in [5.41, 5.74) is 0.197. The van der Waals surface area contributed by atoms with Crippen LogP contribution in [0.25, 0.3) is 0 Å². The molecule has 0 saturated carbocycles. The maximum Gasteiger partial charge on any atom is 0.251 e. The van der Waals surface area contributed by atoms with Gasteiger partial charge in [-0.25, -0.2) is 13.4 Å². The molecule has 8 nitrogen and oxygen atoms in total. The summed E-state index contributed by atoms with van der Waals surface area (Å²) >= 11 is 1.10. The Labute approximate surface area is 156 Å². The van der Waals surface area contributed by atoms with E-state index in [1.165, 1.54) is 47.9 Å². The Morgan fingerprint density at radius 1 is 1.27 bits per heavy atom. The first-order chi connectivity index (χ1) is 12.2. The molecule has 0 aliphatic rings. The molecule has 0 saturated heterocycles. The average Bonchev–Trinajstić information content (AvgIpc) is 2.59. The van der Waals surface area contributed by atoms with Crippen LogP contribution in [0.15, 0.2) is 51.4 Å². The van der Waals surface area contributed by atoms with Gasteiger partial charge in [0.15, 0.2) is 5.16 Å². The highest BCUT2D eigenvalue weighted by Gasteiger charge is 2.22. The number of sulfonamides is 1. The minimum absolute atomic E-state index is 0.0586. The highest BCUT2D eigenvalue weighted by molar-refractivity contribution is 7.99. The molecule has 2 rings (SSSR count). The van der Waals surface area contributed by atoms with Gasteiger partial charge < -0.3 is 10.3 Å². The highest BCUT2D eigenvalue weighted by Crippen LogP contribution is 2.19. The van der Waals surface area contributed by atoms with Gasteiger partial charge >= 0.3 is 0 Å². The van der Waals surface area contributed by atoms with Crippen LogP contribution < -0.4 is 10.9 Å². The van der Waals surface area contributed by atoms with Gasteiger partial charge in [-0.3, -0.25) is 9.59 Å². The fraction of sp³-hybridized carbons (Fsp3) is 0.312. The lowest BCUT2D eigenvalue weighted by atomic mass is 10.3. The van der Waals surface area contributed by atoms with Gasteiger partial charge in [-0.2, -0.15) is 4.31 Å². The molecule has 0 radical (unpaired) electrons. The van der Waals surface area contributed by atoms with E-state index in [-0.39, 0.29) is 28.2 Å². The molecule has 10 heteroatoms. The zero-order valence-electron chi connectivity index (χ0n) is 14.6. The maximum absolute atomic E-state index is 12.4. The molecule has 140 valence electrons. The summed E-state index contributed by atoms with van der Waals surface area (Å²) in [6.45, 7) is 3.58. The van der Waals surface area contributed by atoms with Gasteiger partial charge in [-0.15, -0.1) is 0 Å². The van der Waals surface area contributed by atoms with Crippen molar-refractivity contribution in [2.75, 3.05) is 18.1 Å². The van der Waals surface area contributed by atoms with E-state index in [4.69, 9.17) is 0 Å². The number of carbonyl (C=O) groups excluding carboxylic acids is 1. The van der Waals surface area contributed by atoms with Crippen molar-refractivity contribution < 1.29 is 13.2 Å². The van der Waals surface area contributed by atoms with Crippen LogP contribution in [-0.2, 0) is 14.8 Å². The number of nitrogens with one attached hydrogen (secondary N) is 2. The van der Waals surface area contributed by atoms with Crippen molar-refractivity contribution in [3.63, 3.8) is 0 Å². The van der Waals surface area contributed by atoms with Gasteiger partial charge in [0.2, 0.25) is 15.9 Å². The van der Waals surface area contributed by atoms with Gasteiger partial charge in [-0.05, 0) is 38.1 Å². The monoisotopic (exact) mass is 396 g/mol. The van der Waals surface area contributed by atoms with Gasteiger partial charge in [0, 0.05) is 31.0 Å². The fourth-order valence-electron chi connectivity index (χ4n) is 1.91. The number of nitrogens with zero attached hydrogens (tertiary/aromatic N) is 2. The van der Waals surface area contributed by atoms with Crippen molar-refractivity contribution in [2.45, 2.75) is 29.9 Å². The number of hydrogen-bond acceptors (Lipinski definition) is 6. The Bertz CT molecular complexity index is 924. The number of rotatable bonds is 7. The molecule has 0 aliphatic heterocycles. The first-order valence-electron chi connectivity index (χ1n) is 7.76. The number of aromatic nitrogens is 2. The summed E-state index contributed by atoms with van der Waals surface area (Å²) in [4.78, 5) is 29.8. The average molecular weight is 396 g/mol. The first-order valence-corrected chi connectivity index (χ1v) is 10.2. The topological polar surface area (TPSA) is 112 Å². The molecule has 26 heavy (non-hydrogen) atoms. The van der Waals surface area contributed by atoms with E-state index < -0.39 is 10.0 Å². The number of anilines is 1. The minimum Gasteiger partial charge on any atom is -0.325 e. The number of carbonyl (C=O) groups is 1. The third-order valence-electron chi connectivity index (χ3n) is 3.53. The molecule has 1 aromatic heterocycles. The number of thioether (sulfide) groups is 1. The van der Waals surface area contributed by atoms with E-state index in [2.05, 4.69) is 15.3 Å². The Morgan fingerprint density at radius 3 is 2.50 bits per heavy atom. The molecule has 0 bridgehead atoms. The summed E-state index contributed by atoms with van der Waals surface area (Å²) in [7, 11) is -2.04. The Balaban J connectivity index is 1.98. The number of aromatic amines is 1. The van der Waals surface area contributed by atoms with E-state index in [0.717, 1.165) is 11.8 Å². The van der Waals surface area contributed by atoms with Crippen molar-refractivity contribution in [1.82, 2.24) is 14.3 Å². The summed E-state index contributed by atoms with van der Waals surface area (Å²) in [6.07, 6.45) is 1.37. The Morgan fingerprint density at radius 2 is 1.92 bits per heavy atom. The summed E-state index contributed by atoms with van der Waals surface area (Å²) in [5.74, 6) is -0.236. The third-order valence-corrected chi connectivity index (χ3v) is 6.47. The molecule has 1 amide bonds. The summed E-state index contributed by atoms with van der Waals surface area (Å²) < 4.78 is 26.1. The molecule has 0 aliphatic carbocycles. The SMILES string of the molecule is CC(C)N(C)S(=O)(=O)c1ccc(NC(=O)CSc2nccc(=O)[nH]2)cc1. The fourth-order valence-corrected chi connectivity index (χ4v) is 3.93. The third kappa shape index (κ3) is 5.16. The first kappa shape index (κ1) is 20.1. The van der Waals surface area contributed by atoms with E-state index in [1.807, 2.05) is 0 Å². The van der Waals surface area contributed by atoms with Gasteiger partial charge in [0.25, 0.3) is 5.56 Å². The normalized spacial score (nSPS) is 11.7. The summed E-state index contributed by atoms with van der Waals surface area (Å²) in [5, 5.41) is 3.02. The molecule has 2 aromatic rings. The van der Waals surface area contributed by atoms with Crippen LogP contribution in [0.3, 0.4) is 0 Å². The van der Waals surface area contributed by atoms with Crippen LogP contribution in [0.2, 0.25) is 0 Å². The predicted molar refractivity (Wildman–Crippen MR) is 101 cm³/mol. The molecule has 0 fully saturated rings. The minimum atomic E-state index is -3.56. The van der Waals surface area contributed by atoms with E-state index >= 15 is 0 Å². The molecular weight excluding hydrogens is 376 g/mol. The van der Waals surface area contributed by atoms with Crippen LogP contribution >= 0.6 is 11.8 Å². The van der Waals surface area contributed by atoms with E-state index in [0.29, 0.717) is 10.8 Å². The van der Waals surface area contributed by atoms with Crippen LogP contribution in [0.4, 0.5) is 5.69 Å². The van der Waals surface area contributed by atoms with Gasteiger partial charge in [0.1, 0.15) is 0 Å². The lowest BCUT2D eigenvalue weighted by Crippen LogP contribution is -2.33. The molecule has 0 unspecified atom stereocenters. The van der Waals surface area contributed by atoms with Crippen LogP contribution in [0.5, 0.6) is 0 Å². The van der Waals surface area contributed by atoms with Crippen LogP contribution in [-0.4, -0.2) is 47.4 Å². The maximum atomic E-state index is 12.4. The van der Waals surface area contributed by atoms with Crippen molar-refractivity contribution in [3.8, 4) is 0 Å². The standard InChI is InChI=1S/C16H20N4O4S2/c1-11(2)20(3)26(23,24)13-6-4-12(5-7-13)18-15(22)10-25-16-17-9-8-14(21)19-16/h4-9,11H,10H2,1-3H3,(H,18,22)(H,17,19,21). The van der Waals surface area contributed by atoms with Crippen LogP contribution in [0, 0.1) is 0 Å². The molecule has 2 N–H and O–H groups in total. The van der Waals surface area contributed by atoms with Crippen molar-refractivity contribution in [2.24, 2.45) is 0 Å². The van der Waals surface area contributed by atoms with Gasteiger partial charge in [-0.1, -0.05) is 11.8 Å². The molecule has 1 heterocycles. The smallest absolute Gasteiger partial charge is 0.251 e. The zero-order chi connectivity index (χ0) is 19.3. The lowest BCUT2D eigenvalue weighted by molar-refractivity contribution is -0.113. The predicted octanol–water partition coefficient (Wildman–Crippen LogP) is 1.53. The Hall–Kier alpha value is -2.17. The van der Waals surface area contributed by atoms with Crippen molar-refractivity contribution >= 4 is 33.4 Å². The largest absolute Gasteiger partial charge is 0.325 e. The second kappa shape index (κ2) is 8.47. The highest BCUT2D eigenvalue weighted by atomic mass is 32.2. The van der Waals surface area contributed by atoms with Crippen molar-refractivity contribution in [3.05, 3.63) is 46.9 Å².